The average molecular weight is 271 g/mol. The van der Waals surface area contributed by atoms with Gasteiger partial charge in [-0.3, -0.25) is 9.59 Å². The zero-order valence-electron chi connectivity index (χ0n) is 10.9. The van der Waals surface area contributed by atoms with Crippen LogP contribution in [0.4, 0.5) is 0 Å². The summed E-state index contributed by atoms with van der Waals surface area (Å²) in [6, 6.07) is 7.62. The van der Waals surface area contributed by atoms with E-state index in [0.717, 1.165) is 23.6 Å². The Morgan fingerprint density at radius 3 is 2.80 bits per heavy atom. The van der Waals surface area contributed by atoms with Gasteiger partial charge in [0.2, 0.25) is 0 Å². The van der Waals surface area contributed by atoms with Gasteiger partial charge < -0.3 is 9.72 Å². The lowest BCUT2D eigenvalue weighted by Crippen LogP contribution is -2.34. The van der Waals surface area contributed by atoms with Crippen molar-refractivity contribution in [2.24, 2.45) is 5.92 Å². The molecule has 0 spiro atoms. The molecule has 1 aromatic carbocycles. The van der Waals surface area contributed by atoms with Gasteiger partial charge in [-0.05, 0) is 24.5 Å². The van der Waals surface area contributed by atoms with Gasteiger partial charge >= 0.3 is 5.97 Å². The smallest absolute Gasteiger partial charge is 0.375 e. The number of rotatable bonds is 2. The van der Waals surface area contributed by atoms with Gasteiger partial charge in [0.1, 0.15) is 0 Å². The number of fused-ring (bicyclic) bond motifs is 3. The number of hydrogen-bond acceptors (Lipinski definition) is 4. The van der Waals surface area contributed by atoms with Crippen molar-refractivity contribution >= 4 is 28.4 Å². The van der Waals surface area contributed by atoms with Crippen LogP contribution in [-0.4, -0.2) is 29.6 Å². The van der Waals surface area contributed by atoms with Crippen molar-refractivity contribution in [2.45, 2.75) is 12.8 Å². The van der Waals surface area contributed by atoms with Crippen molar-refractivity contribution < 1.29 is 19.1 Å². The molecular weight excluding hydrogens is 258 g/mol. The molecule has 102 valence electrons. The molecule has 1 N–H and O–H groups in total. The molecular formula is C15H13NO4. The number of methoxy groups -OCH3 is 1. The number of H-pyrrole nitrogens is 1. The Balaban J connectivity index is 2.03. The van der Waals surface area contributed by atoms with Crippen LogP contribution in [-0.2, 0) is 20.7 Å². The van der Waals surface area contributed by atoms with E-state index >= 15 is 0 Å². The third-order valence-corrected chi connectivity index (χ3v) is 3.76. The molecule has 0 aliphatic heterocycles. The number of benzene rings is 1. The van der Waals surface area contributed by atoms with Crippen LogP contribution in [0.2, 0.25) is 0 Å². The normalized spacial score (nSPS) is 17.9. The number of nitrogens with one attached hydrogen (secondary N) is 1. The number of aryl methyl sites for hydroxylation is 1. The summed E-state index contributed by atoms with van der Waals surface area (Å²) in [7, 11) is 1.14. The van der Waals surface area contributed by atoms with Gasteiger partial charge in [-0.1, -0.05) is 18.2 Å². The number of ether oxygens (including phenoxy) is 1. The highest BCUT2D eigenvalue weighted by atomic mass is 16.5. The zero-order valence-corrected chi connectivity index (χ0v) is 10.9. The molecule has 20 heavy (non-hydrogen) atoms. The van der Waals surface area contributed by atoms with Crippen LogP contribution >= 0.6 is 0 Å². The number of carbonyl (C=O) groups is 3. The van der Waals surface area contributed by atoms with Crippen LogP contribution in [0.1, 0.15) is 22.5 Å². The van der Waals surface area contributed by atoms with Crippen molar-refractivity contribution in [3.8, 4) is 0 Å². The molecule has 0 fully saturated rings. The van der Waals surface area contributed by atoms with Crippen LogP contribution in [0.15, 0.2) is 24.3 Å². The van der Waals surface area contributed by atoms with Crippen LogP contribution < -0.4 is 0 Å². The van der Waals surface area contributed by atoms with E-state index in [4.69, 9.17) is 0 Å². The summed E-state index contributed by atoms with van der Waals surface area (Å²) in [5.74, 6) is -2.97. The van der Waals surface area contributed by atoms with E-state index < -0.39 is 17.7 Å². The van der Waals surface area contributed by atoms with Crippen molar-refractivity contribution in [2.75, 3.05) is 7.11 Å². The summed E-state index contributed by atoms with van der Waals surface area (Å²) < 4.78 is 4.41. The van der Waals surface area contributed by atoms with Crippen LogP contribution in [0, 0.1) is 5.92 Å². The lowest BCUT2D eigenvalue weighted by molar-refractivity contribution is -0.153. The Morgan fingerprint density at radius 2 is 2.05 bits per heavy atom. The maximum Gasteiger partial charge on any atom is 0.375 e. The lowest BCUT2D eigenvalue weighted by atomic mass is 9.83. The highest BCUT2D eigenvalue weighted by molar-refractivity contribution is 6.39. The molecule has 5 heteroatoms. The van der Waals surface area contributed by atoms with Gasteiger partial charge in [0.25, 0.3) is 5.78 Å². The second-order valence-corrected chi connectivity index (χ2v) is 4.84. The van der Waals surface area contributed by atoms with E-state index in [1.54, 1.807) is 0 Å². The Labute approximate surface area is 114 Å². The van der Waals surface area contributed by atoms with Crippen molar-refractivity contribution in [1.82, 2.24) is 4.98 Å². The van der Waals surface area contributed by atoms with Crippen molar-refractivity contribution in [1.29, 1.82) is 0 Å². The molecule has 0 saturated heterocycles. The molecule has 1 atom stereocenters. The van der Waals surface area contributed by atoms with Gasteiger partial charge in [0.05, 0.1) is 18.7 Å². The summed E-state index contributed by atoms with van der Waals surface area (Å²) >= 11 is 0. The zero-order chi connectivity index (χ0) is 14.3. The number of aromatic amines is 1. The van der Waals surface area contributed by atoms with Gasteiger partial charge in [-0.2, -0.15) is 0 Å². The maximum absolute atomic E-state index is 12.4. The minimum atomic E-state index is -0.956. The van der Waals surface area contributed by atoms with E-state index in [-0.39, 0.29) is 5.78 Å². The summed E-state index contributed by atoms with van der Waals surface area (Å²) in [5, 5.41) is 1.000. The number of ketones is 2. The first kappa shape index (κ1) is 12.6. The van der Waals surface area contributed by atoms with E-state index in [2.05, 4.69) is 9.72 Å². The molecule has 1 aliphatic rings. The average Bonchev–Trinajstić information content (AvgIpc) is 2.86. The number of para-hydroxylation sites is 1. The largest absolute Gasteiger partial charge is 0.463 e. The van der Waals surface area contributed by atoms with Gasteiger partial charge in [-0.25, -0.2) is 4.79 Å². The van der Waals surface area contributed by atoms with Crippen molar-refractivity contribution in [3.05, 3.63) is 35.5 Å². The molecule has 0 amide bonds. The van der Waals surface area contributed by atoms with Crippen LogP contribution in [0.3, 0.4) is 0 Å². The summed E-state index contributed by atoms with van der Waals surface area (Å²) in [6.45, 7) is 0. The monoisotopic (exact) mass is 271 g/mol. The number of Topliss-reactive ketones (excluding diaryl/α,β-unsaturated/α-hetero) is 2. The molecule has 1 heterocycles. The Bertz CT molecular complexity index is 729. The summed E-state index contributed by atoms with van der Waals surface area (Å²) in [5.41, 5.74) is 2.25. The molecule has 1 aliphatic carbocycles. The Kier molecular flexibility index (Phi) is 2.89. The highest BCUT2D eigenvalue weighted by Crippen LogP contribution is 2.31. The molecule has 0 unspecified atom stereocenters. The lowest BCUT2D eigenvalue weighted by Gasteiger charge is -2.18. The molecule has 2 aromatic rings. The van der Waals surface area contributed by atoms with Gasteiger partial charge in [0, 0.05) is 10.9 Å². The number of aromatic nitrogens is 1. The summed E-state index contributed by atoms with van der Waals surface area (Å²) in [4.78, 5) is 38.6. The van der Waals surface area contributed by atoms with Crippen LogP contribution in [0.25, 0.3) is 10.9 Å². The first-order chi connectivity index (χ1) is 9.63. The second kappa shape index (κ2) is 4.59. The maximum atomic E-state index is 12.4. The molecule has 1 aromatic heterocycles. The molecule has 3 rings (SSSR count). The first-order valence-electron chi connectivity index (χ1n) is 6.39. The fourth-order valence-corrected chi connectivity index (χ4v) is 2.76. The third-order valence-electron chi connectivity index (χ3n) is 3.76. The predicted molar refractivity (Wildman–Crippen MR) is 71.5 cm³/mol. The number of carbonyl (C=O) groups excluding carboxylic acids is 3. The third kappa shape index (κ3) is 1.74. The van der Waals surface area contributed by atoms with E-state index in [9.17, 15) is 14.4 Å². The SMILES string of the molecule is COC(=O)C(=O)[C@@H]1CCc2c([nH]c3ccccc23)C1=O. The fourth-order valence-electron chi connectivity index (χ4n) is 2.76. The van der Waals surface area contributed by atoms with E-state index in [0.29, 0.717) is 18.5 Å². The number of hydrogen-bond donors (Lipinski definition) is 1. The van der Waals surface area contributed by atoms with Crippen LogP contribution in [0.5, 0.6) is 0 Å². The fraction of sp³-hybridized carbons (Fsp3) is 0.267. The Morgan fingerprint density at radius 1 is 1.30 bits per heavy atom. The first-order valence-corrected chi connectivity index (χ1v) is 6.39. The molecule has 0 saturated carbocycles. The number of esters is 1. The van der Waals surface area contributed by atoms with E-state index in [1.165, 1.54) is 0 Å². The second-order valence-electron chi connectivity index (χ2n) is 4.84. The van der Waals surface area contributed by atoms with Crippen molar-refractivity contribution in [3.63, 3.8) is 0 Å². The van der Waals surface area contributed by atoms with E-state index in [1.807, 2.05) is 24.3 Å². The minimum absolute atomic E-state index is 0.321. The quantitative estimate of drug-likeness (QED) is 0.512. The molecule has 0 bridgehead atoms. The topological polar surface area (TPSA) is 76.2 Å². The standard InChI is InChI=1S/C15H13NO4/c1-20-15(19)14(18)10-7-6-9-8-4-2-3-5-11(8)16-12(9)13(10)17/h2-5,10,16H,6-7H2,1H3/t10-/m1/s1. The minimum Gasteiger partial charge on any atom is -0.463 e. The Hall–Kier alpha value is -2.43. The van der Waals surface area contributed by atoms with Gasteiger partial charge in [-0.15, -0.1) is 0 Å². The predicted octanol–water partition coefficient (Wildman–Crippen LogP) is 1.66. The summed E-state index contributed by atoms with van der Waals surface area (Å²) in [6.07, 6.45) is 0.945. The molecule has 0 radical (unpaired) electrons. The van der Waals surface area contributed by atoms with Gasteiger partial charge in [0.15, 0.2) is 5.78 Å². The highest BCUT2D eigenvalue weighted by Gasteiger charge is 2.38. The molecule has 5 nitrogen and oxygen atoms in total.